The zero-order valence-corrected chi connectivity index (χ0v) is 14.1. The van der Waals surface area contributed by atoms with Gasteiger partial charge in [0.25, 0.3) is 5.69 Å². The summed E-state index contributed by atoms with van der Waals surface area (Å²) in [6, 6.07) is 4.71. The maximum atomic E-state index is 12.5. The molecule has 1 aromatic heterocycles. The highest BCUT2D eigenvalue weighted by molar-refractivity contribution is 7.89. The van der Waals surface area contributed by atoms with E-state index in [2.05, 4.69) is 5.10 Å². The van der Waals surface area contributed by atoms with Crippen molar-refractivity contribution in [3.8, 4) is 0 Å². The van der Waals surface area contributed by atoms with Crippen molar-refractivity contribution < 1.29 is 13.3 Å². The minimum Gasteiger partial charge on any atom is -0.271 e. The van der Waals surface area contributed by atoms with Gasteiger partial charge in [0.15, 0.2) is 0 Å². The highest BCUT2D eigenvalue weighted by Crippen LogP contribution is 2.22. The van der Waals surface area contributed by atoms with Gasteiger partial charge in [-0.2, -0.15) is 9.40 Å². The lowest BCUT2D eigenvalue weighted by Gasteiger charge is -2.16. The topological polar surface area (TPSA) is 98.3 Å². The van der Waals surface area contributed by atoms with Crippen LogP contribution >= 0.6 is 11.6 Å². The van der Waals surface area contributed by atoms with E-state index in [0.717, 1.165) is 16.4 Å². The molecule has 0 aliphatic carbocycles. The van der Waals surface area contributed by atoms with Crippen molar-refractivity contribution in [3.63, 3.8) is 0 Å². The number of nitro groups is 1. The summed E-state index contributed by atoms with van der Waals surface area (Å²) in [4.78, 5) is 10.0. The van der Waals surface area contributed by atoms with Crippen molar-refractivity contribution >= 4 is 27.3 Å². The van der Waals surface area contributed by atoms with Crippen LogP contribution in [-0.4, -0.2) is 34.5 Å². The Hall–Kier alpha value is -1.97. The predicted molar refractivity (Wildman–Crippen MR) is 84.7 cm³/mol. The number of aryl methyl sites for hydroxylation is 1. The van der Waals surface area contributed by atoms with Gasteiger partial charge in [-0.25, -0.2) is 8.42 Å². The third-order valence-corrected chi connectivity index (χ3v) is 5.37. The Kier molecular flexibility index (Phi) is 5.03. The molecule has 0 saturated carbocycles. The van der Waals surface area contributed by atoms with Gasteiger partial charge in [-0.15, -0.1) is 0 Å². The number of hydrogen-bond acceptors (Lipinski definition) is 5. The van der Waals surface area contributed by atoms with E-state index in [1.165, 1.54) is 19.2 Å². The van der Waals surface area contributed by atoms with Gasteiger partial charge in [0, 0.05) is 31.9 Å². The molecule has 2 aromatic rings. The molecule has 0 spiro atoms. The smallest absolute Gasteiger partial charge is 0.269 e. The number of aromatic nitrogens is 2. The summed E-state index contributed by atoms with van der Waals surface area (Å²) in [6.07, 6.45) is 1.63. The number of nitrogens with zero attached hydrogens (tertiary/aromatic N) is 4. The van der Waals surface area contributed by atoms with Crippen LogP contribution in [0.1, 0.15) is 12.6 Å². The minimum atomic E-state index is -3.79. The molecule has 10 heteroatoms. The van der Waals surface area contributed by atoms with E-state index in [1.807, 2.05) is 6.92 Å². The molecule has 124 valence electrons. The first-order valence-electron chi connectivity index (χ1n) is 6.68. The molecular weight excluding hydrogens is 344 g/mol. The number of benzene rings is 1. The average Bonchev–Trinajstić information content (AvgIpc) is 2.87. The van der Waals surface area contributed by atoms with Crippen molar-refractivity contribution in [2.24, 2.45) is 0 Å². The molecule has 8 nitrogen and oxygen atoms in total. The van der Waals surface area contributed by atoms with Gasteiger partial charge in [0.2, 0.25) is 10.0 Å². The lowest BCUT2D eigenvalue weighted by atomic mass is 10.3. The quantitative estimate of drug-likeness (QED) is 0.582. The first-order valence-corrected chi connectivity index (χ1v) is 8.50. The fourth-order valence-corrected chi connectivity index (χ4v) is 3.26. The van der Waals surface area contributed by atoms with Crippen LogP contribution in [0.2, 0.25) is 5.02 Å². The molecule has 0 aliphatic heterocycles. The van der Waals surface area contributed by atoms with E-state index in [-0.39, 0.29) is 17.1 Å². The molecule has 0 radical (unpaired) electrons. The van der Waals surface area contributed by atoms with Gasteiger partial charge in [-0.3, -0.25) is 14.8 Å². The Morgan fingerprint density at radius 3 is 2.43 bits per heavy atom. The molecule has 0 unspecified atom stereocenters. The van der Waals surface area contributed by atoms with Crippen LogP contribution in [0.15, 0.2) is 35.4 Å². The number of nitro benzene ring substituents is 1. The number of hydrogen-bond donors (Lipinski definition) is 0. The van der Waals surface area contributed by atoms with E-state index in [0.29, 0.717) is 17.3 Å². The lowest BCUT2D eigenvalue weighted by Crippen LogP contribution is -2.26. The monoisotopic (exact) mass is 358 g/mol. The van der Waals surface area contributed by atoms with E-state index >= 15 is 0 Å². The zero-order chi connectivity index (χ0) is 17.2. The van der Waals surface area contributed by atoms with Crippen LogP contribution in [0.3, 0.4) is 0 Å². The van der Waals surface area contributed by atoms with Gasteiger partial charge < -0.3 is 0 Å². The Morgan fingerprint density at radius 2 is 1.96 bits per heavy atom. The fourth-order valence-electron chi connectivity index (χ4n) is 1.92. The second-order valence-corrected chi connectivity index (χ2v) is 7.24. The van der Waals surface area contributed by atoms with Crippen LogP contribution in [-0.2, 0) is 23.1 Å². The van der Waals surface area contributed by atoms with Gasteiger partial charge in [0.05, 0.1) is 27.1 Å². The Morgan fingerprint density at radius 1 is 1.35 bits per heavy atom. The highest BCUT2D eigenvalue weighted by atomic mass is 35.5. The van der Waals surface area contributed by atoms with Gasteiger partial charge in [0.1, 0.15) is 0 Å². The van der Waals surface area contributed by atoms with Crippen molar-refractivity contribution in [3.05, 3.63) is 51.3 Å². The molecule has 0 bridgehead atoms. The zero-order valence-electron chi connectivity index (χ0n) is 12.5. The summed E-state index contributed by atoms with van der Waals surface area (Å²) in [5.41, 5.74) is 0.276. The largest absolute Gasteiger partial charge is 0.271 e. The fraction of sp³-hybridized carbons (Fsp3) is 0.308. The van der Waals surface area contributed by atoms with Crippen LogP contribution in [0, 0.1) is 10.1 Å². The number of sulfonamides is 1. The predicted octanol–water partition coefficient (Wildman–Crippen LogP) is 2.29. The third kappa shape index (κ3) is 3.69. The second kappa shape index (κ2) is 6.65. The molecule has 0 N–H and O–H groups in total. The van der Waals surface area contributed by atoms with Crippen molar-refractivity contribution in [2.45, 2.75) is 24.9 Å². The van der Waals surface area contributed by atoms with E-state index < -0.39 is 14.9 Å². The molecular formula is C13H15ClN4O4S. The molecule has 23 heavy (non-hydrogen) atoms. The van der Waals surface area contributed by atoms with Crippen molar-refractivity contribution in [2.75, 3.05) is 7.05 Å². The minimum absolute atomic E-state index is 0.00511. The summed E-state index contributed by atoms with van der Waals surface area (Å²) in [7, 11) is -2.39. The number of halogens is 1. The Balaban J connectivity index is 2.24. The average molecular weight is 359 g/mol. The van der Waals surface area contributed by atoms with Gasteiger partial charge in [-0.1, -0.05) is 11.6 Å². The summed E-state index contributed by atoms with van der Waals surface area (Å²) >= 11 is 6.04. The lowest BCUT2D eigenvalue weighted by molar-refractivity contribution is -0.384. The van der Waals surface area contributed by atoms with E-state index in [9.17, 15) is 18.5 Å². The first-order chi connectivity index (χ1) is 10.8. The van der Waals surface area contributed by atoms with Crippen LogP contribution < -0.4 is 0 Å². The standard InChI is InChI=1S/C13H15ClN4O4S/c1-3-17-8-12(14)13(15-17)9-16(2)23(21,22)11-6-4-10(5-7-11)18(19)20/h4-8H,3,9H2,1-2H3. The molecule has 2 rings (SSSR count). The third-order valence-electron chi connectivity index (χ3n) is 3.24. The van der Waals surface area contributed by atoms with Crippen molar-refractivity contribution in [1.29, 1.82) is 0 Å². The summed E-state index contributed by atoms with van der Waals surface area (Å²) < 4.78 is 27.7. The highest BCUT2D eigenvalue weighted by Gasteiger charge is 2.23. The number of rotatable bonds is 6. The molecule has 1 aromatic carbocycles. The maximum Gasteiger partial charge on any atom is 0.269 e. The normalized spacial score (nSPS) is 11.8. The SMILES string of the molecule is CCn1cc(Cl)c(CN(C)S(=O)(=O)c2ccc([N+](=O)[O-])cc2)n1. The summed E-state index contributed by atoms with van der Waals surface area (Å²) in [6.45, 7) is 2.52. The first kappa shape index (κ1) is 17.4. The van der Waals surface area contributed by atoms with Crippen LogP contribution in [0.5, 0.6) is 0 Å². The summed E-state index contributed by atoms with van der Waals surface area (Å²) in [5, 5.41) is 15.2. The molecule has 0 saturated heterocycles. The van der Waals surface area contributed by atoms with Gasteiger partial charge in [-0.05, 0) is 19.1 Å². The molecule has 0 atom stereocenters. The van der Waals surface area contributed by atoms with Crippen LogP contribution in [0.4, 0.5) is 5.69 Å². The van der Waals surface area contributed by atoms with Crippen molar-refractivity contribution in [1.82, 2.24) is 14.1 Å². The molecule has 0 fully saturated rings. The summed E-state index contributed by atoms with van der Waals surface area (Å²) in [5.74, 6) is 0. The Labute approximate surface area is 138 Å². The van der Waals surface area contributed by atoms with E-state index in [1.54, 1.807) is 10.9 Å². The maximum absolute atomic E-state index is 12.5. The van der Waals surface area contributed by atoms with Crippen LogP contribution in [0.25, 0.3) is 0 Å². The van der Waals surface area contributed by atoms with E-state index in [4.69, 9.17) is 11.6 Å². The van der Waals surface area contributed by atoms with Gasteiger partial charge >= 0.3 is 0 Å². The Bertz CT molecular complexity index is 817. The number of non-ortho nitro benzene ring substituents is 1. The molecule has 0 amide bonds. The molecule has 0 aliphatic rings. The molecule has 1 heterocycles. The second-order valence-electron chi connectivity index (χ2n) is 4.79.